The number of benzene rings is 4. The second-order valence-corrected chi connectivity index (χ2v) is 10.7. The number of methoxy groups -OCH3 is 1. The second kappa shape index (κ2) is 13.2. The van der Waals surface area contributed by atoms with Crippen LogP contribution in [0.4, 0.5) is 0 Å². The Morgan fingerprint density at radius 2 is 1.62 bits per heavy atom. The molecule has 0 aliphatic heterocycles. The van der Waals surface area contributed by atoms with Gasteiger partial charge in [0.1, 0.15) is 12.4 Å². The molecule has 2 atom stereocenters. The molecule has 6 heteroatoms. The SMILES string of the molecule is COc1ccc(-c2cccc(COO)c2)cc1C(C)OC[C@H](O)CNC(C)(C)Cc1ccc2ccccc2c1. The van der Waals surface area contributed by atoms with E-state index in [0.717, 1.165) is 34.4 Å². The molecule has 0 aliphatic carbocycles. The van der Waals surface area contributed by atoms with Gasteiger partial charge in [0.05, 0.1) is 25.9 Å². The minimum absolute atomic E-state index is 0.126. The maximum atomic E-state index is 10.7. The van der Waals surface area contributed by atoms with Crippen molar-refractivity contribution >= 4 is 10.8 Å². The van der Waals surface area contributed by atoms with Gasteiger partial charge in [0.25, 0.3) is 0 Å². The fourth-order valence-corrected chi connectivity index (χ4v) is 4.87. The van der Waals surface area contributed by atoms with Crippen LogP contribution in [0.25, 0.3) is 21.9 Å². The standard InChI is InChI=1S/C33H39NO5/c1-23(31-18-29(14-15-32(31)37-4)28-11-7-8-25(17-28)21-39-36)38-22-30(35)20-34-33(2,3)19-24-12-13-26-9-5-6-10-27(26)16-24/h5-18,23,30,34-36H,19-22H2,1-4H3/t23?,30-/m1/s1. The quantitative estimate of drug-likeness (QED) is 0.135. The molecule has 6 nitrogen and oxygen atoms in total. The van der Waals surface area contributed by atoms with Gasteiger partial charge in [-0.2, -0.15) is 0 Å². The molecule has 0 heterocycles. The van der Waals surface area contributed by atoms with Crippen LogP contribution in [0.3, 0.4) is 0 Å². The summed E-state index contributed by atoms with van der Waals surface area (Å²) in [4.78, 5) is 4.29. The van der Waals surface area contributed by atoms with E-state index in [1.807, 2.05) is 49.4 Å². The van der Waals surface area contributed by atoms with Gasteiger partial charge in [0, 0.05) is 17.6 Å². The van der Waals surface area contributed by atoms with Crippen molar-refractivity contribution in [2.45, 2.75) is 51.5 Å². The van der Waals surface area contributed by atoms with Crippen molar-refractivity contribution in [2.75, 3.05) is 20.3 Å². The van der Waals surface area contributed by atoms with Gasteiger partial charge in [-0.3, -0.25) is 5.26 Å². The van der Waals surface area contributed by atoms with Crippen LogP contribution in [-0.2, 0) is 22.7 Å². The van der Waals surface area contributed by atoms with E-state index >= 15 is 0 Å². The minimum Gasteiger partial charge on any atom is -0.496 e. The molecular weight excluding hydrogens is 490 g/mol. The molecule has 206 valence electrons. The van der Waals surface area contributed by atoms with Gasteiger partial charge in [0.15, 0.2) is 0 Å². The van der Waals surface area contributed by atoms with E-state index in [2.05, 4.69) is 66.5 Å². The first kappa shape index (κ1) is 28.7. The van der Waals surface area contributed by atoms with Gasteiger partial charge >= 0.3 is 0 Å². The highest BCUT2D eigenvalue weighted by Gasteiger charge is 2.21. The number of hydrogen-bond acceptors (Lipinski definition) is 6. The minimum atomic E-state index is -0.660. The van der Waals surface area contributed by atoms with Gasteiger partial charge in [-0.15, -0.1) is 0 Å². The molecule has 0 saturated carbocycles. The third-order valence-corrected chi connectivity index (χ3v) is 6.97. The lowest BCUT2D eigenvalue weighted by Gasteiger charge is -2.28. The Morgan fingerprint density at radius 3 is 2.38 bits per heavy atom. The van der Waals surface area contributed by atoms with Crippen molar-refractivity contribution in [3.63, 3.8) is 0 Å². The fraction of sp³-hybridized carbons (Fsp3) is 0.333. The Labute approximate surface area is 231 Å². The van der Waals surface area contributed by atoms with Crippen molar-refractivity contribution in [1.29, 1.82) is 0 Å². The van der Waals surface area contributed by atoms with E-state index < -0.39 is 6.10 Å². The van der Waals surface area contributed by atoms with Crippen LogP contribution in [0.5, 0.6) is 5.75 Å². The van der Waals surface area contributed by atoms with Crippen LogP contribution in [-0.4, -0.2) is 42.3 Å². The summed E-state index contributed by atoms with van der Waals surface area (Å²) in [6.45, 7) is 7.00. The molecule has 4 rings (SSSR count). The lowest BCUT2D eigenvalue weighted by Crippen LogP contribution is -2.46. The molecule has 4 aromatic carbocycles. The Hall–Kier alpha value is -3.26. The Morgan fingerprint density at radius 1 is 0.846 bits per heavy atom. The average Bonchev–Trinajstić information content (AvgIpc) is 2.94. The third kappa shape index (κ3) is 7.88. The zero-order chi connectivity index (χ0) is 27.8. The lowest BCUT2D eigenvalue weighted by molar-refractivity contribution is -0.253. The van der Waals surface area contributed by atoms with Crippen molar-refractivity contribution in [3.8, 4) is 16.9 Å². The summed E-state index contributed by atoms with van der Waals surface area (Å²) in [5.41, 5.74) is 4.83. The number of nitrogens with one attached hydrogen (secondary N) is 1. The van der Waals surface area contributed by atoms with E-state index in [-0.39, 0.29) is 24.9 Å². The molecule has 0 fully saturated rings. The first-order valence-corrected chi connectivity index (χ1v) is 13.3. The first-order valence-electron chi connectivity index (χ1n) is 13.3. The highest BCUT2D eigenvalue weighted by atomic mass is 17.1. The van der Waals surface area contributed by atoms with E-state index in [4.69, 9.17) is 14.7 Å². The van der Waals surface area contributed by atoms with E-state index in [1.165, 1.54) is 16.3 Å². The smallest absolute Gasteiger partial charge is 0.124 e. The second-order valence-electron chi connectivity index (χ2n) is 10.7. The number of aliphatic hydroxyl groups excluding tert-OH is 1. The molecule has 4 aromatic rings. The summed E-state index contributed by atoms with van der Waals surface area (Å²) in [6.07, 6.45) is -0.103. The van der Waals surface area contributed by atoms with Gasteiger partial charge in [-0.05, 0) is 78.4 Å². The molecule has 0 spiro atoms. The zero-order valence-corrected chi connectivity index (χ0v) is 23.2. The number of aliphatic hydroxyl groups is 1. The Bertz CT molecular complexity index is 1370. The Kier molecular flexibility index (Phi) is 9.73. The number of β-amino-alcohol motifs (C(OH)–C–C–N with tert-alkyl or cyclic N) is 1. The average molecular weight is 530 g/mol. The first-order chi connectivity index (χ1) is 18.8. The van der Waals surface area contributed by atoms with Crippen LogP contribution in [0, 0.1) is 0 Å². The van der Waals surface area contributed by atoms with Crippen LogP contribution in [0.1, 0.15) is 43.6 Å². The van der Waals surface area contributed by atoms with Crippen molar-refractivity contribution < 1.29 is 24.7 Å². The van der Waals surface area contributed by atoms with Crippen LogP contribution < -0.4 is 10.1 Å². The van der Waals surface area contributed by atoms with Crippen LogP contribution in [0.2, 0.25) is 0 Å². The summed E-state index contributed by atoms with van der Waals surface area (Å²) >= 11 is 0. The maximum Gasteiger partial charge on any atom is 0.124 e. The summed E-state index contributed by atoms with van der Waals surface area (Å²) in [5, 5.41) is 25.5. The molecule has 0 aromatic heterocycles. The van der Waals surface area contributed by atoms with Gasteiger partial charge in [-0.1, -0.05) is 66.7 Å². The number of rotatable bonds is 13. The summed E-state index contributed by atoms with van der Waals surface area (Å²) < 4.78 is 11.7. The fourth-order valence-electron chi connectivity index (χ4n) is 4.87. The normalized spacial score (nSPS) is 13.4. The topological polar surface area (TPSA) is 80.2 Å². The van der Waals surface area contributed by atoms with Crippen molar-refractivity contribution in [2.24, 2.45) is 0 Å². The van der Waals surface area contributed by atoms with Crippen LogP contribution >= 0.6 is 0 Å². The molecule has 0 aliphatic rings. The number of ether oxygens (including phenoxy) is 2. The molecule has 1 unspecified atom stereocenters. The monoisotopic (exact) mass is 529 g/mol. The molecule has 0 amide bonds. The van der Waals surface area contributed by atoms with Crippen molar-refractivity contribution in [1.82, 2.24) is 5.32 Å². The van der Waals surface area contributed by atoms with Gasteiger partial charge in [0.2, 0.25) is 0 Å². The van der Waals surface area contributed by atoms with Crippen LogP contribution in [0.15, 0.2) is 84.9 Å². The Balaban J connectivity index is 1.34. The summed E-state index contributed by atoms with van der Waals surface area (Å²) in [5.74, 6) is 0.727. The highest BCUT2D eigenvalue weighted by molar-refractivity contribution is 5.83. The number of fused-ring (bicyclic) bond motifs is 1. The predicted molar refractivity (Wildman–Crippen MR) is 156 cm³/mol. The molecule has 39 heavy (non-hydrogen) atoms. The highest BCUT2D eigenvalue weighted by Crippen LogP contribution is 2.33. The number of hydrogen-bond donors (Lipinski definition) is 3. The summed E-state index contributed by atoms with van der Waals surface area (Å²) in [7, 11) is 1.64. The molecule has 0 radical (unpaired) electrons. The van der Waals surface area contributed by atoms with E-state index in [0.29, 0.717) is 6.54 Å². The predicted octanol–water partition coefficient (Wildman–Crippen LogP) is 6.55. The zero-order valence-electron chi connectivity index (χ0n) is 23.2. The lowest BCUT2D eigenvalue weighted by atomic mass is 9.93. The molecule has 0 bridgehead atoms. The van der Waals surface area contributed by atoms with Gasteiger partial charge < -0.3 is 19.9 Å². The molecular formula is C33H39NO5. The third-order valence-electron chi connectivity index (χ3n) is 6.97. The van der Waals surface area contributed by atoms with Gasteiger partial charge in [-0.25, -0.2) is 4.89 Å². The molecule has 3 N–H and O–H groups in total. The maximum absolute atomic E-state index is 10.7. The van der Waals surface area contributed by atoms with E-state index in [9.17, 15) is 5.11 Å². The van der Waals surface area contributed by atoms with E-state index in [1.54, 1.807) is 7.11 Å². The summed E-state index contributed by atoms with van der Waals surface area (Å²) in [6, 6.07) is 28.7. The largest absolute Gasteiger partial charge is 0.496 e. The van der Waals surface area contributed by atoms with Crippen molar-refractivity contribution in [3.05, 3.63) is 102 Å². The molecule has 0 saturated heterocycles.